The van der Waals surface area contributed by atoms with Crippen molar-refractivity contribution < 1.29 is 13.2 Å². The molecular weight excluding hydrogens is 422 g/mol. The molecule has 2 aromatic rings. The quantitative estimate of drug-likeness (QED) is 0.718. The third-order valence-electron chi connectivity index (χ3n) is 7.10. The molecule has 0 unspecified atom stereocenters. The molecule has 1 heterocycles. The number of sulfonamides is 1. The lowest BCUT2D eigenvalue weighted by molar-refractivity contribution is 0.238. The Bertz CT molecular complexity index is 1110. The van der Waals surface area contributed by atoms with Crippen LogP contribution in [-0.2, 0) is 22.9 Å². The predicted octanol–water partition coefficient (Wildman–Crippen LogP) is 4.45. The van der Waals surface area contributed by atoms with Crippen LogP contribution in [0.15, 0.2) is 47.4 Å². The monoisotopic (exact) mass is 453 g/mol. The molecule has 0 aromatic heterocycles. The fourth-order valence-corrected chi connectivity index (χ4v) is 6.69. The van der Waals surface area contributed by atoms with E-state index in [0.29, 0.717) is 13.0 Å². The van der Waals surface area contributed by atoms with Gasteiger partial charge in [-0.3, -0.25) is 4.90 Å². The van der Waals surface area contributed by atoms with E-state index in [-0.39, 0.29) is 23.0 Å². The maximum atomic E-state index is 13.2. The first-order valence-electron chi connectivity index (χ1n) is 11.8. The minimum absolute atomic E-state index is 0.0665. The third-order valence-corrected chi connectivity index (χ3v) is 8.57. The van der Waals surface area contributed by atoms with Crippen molar-refractivity contribution in [2.24, 2.45) is 0 Å². The van der Waals surface area contributed by atoms with Crippen molar-refractivity contribution in [3.63, 3.8) is 0 Å². The second-order valence-electron chi connectivity index (χ2n) is 9.24. The topological polar surface area (TPSA) is 78.5 Å². The number of aryl methyl sites for hydroxylation is 1. The lowest BCUT2D eigenvalue weighted by Gasteiger charge is -2.27. The second-order valence-corrected chi connectivity index (χ2v) is 11.0. The highest BCUT2D eigenvalue weighted by atomic mass is 32.2. The number of hydrogen-bond acceptors (Lipinski definition) is 3. The number of nitrogens with zero attached hydrogens (tertiary/aromatic N) is 1. The molecule has 5 rings (SSSR count). The molecule has 2 amide bonds. The van der Waals surface area contributed by atoms with Crippen LogP contribution in [0, 0.1) is 0 Å². The van der Waals surface area contributed by atoms with E-state index in [1.165, 1.54) is 24.8 Å². The third kappa shape index (κ3) is 4.28. The van der Waals surface area contributed by atoms with Crippen LogP contribution in [0.2, 0.25) is 0 Å². The summed E-state index contributed by atoms with van der Waals surface area (Å²) in [5.74, 6) is 0. The van der Waals surface area contributed by atoms with Crippen LogP contribution < -0.4 is 14.9 Å². The standard InChI is InChI=1S/C25H31N3O3S/c29-25(26-20-9-2-1-3-10-20)28-16-15-19-17-21(13-14-24(19)28)32(30,31)27-23-12-6-8-18-7-4-5-11-22(18)23/h4-5,7,11,13-14,17,20,23,27H,1-3,6,8-10,12,15-16H2,(H,26,29)/t23-/m1/s1. The summed E-state index contributed by atoms with van der Waals surface area (Å²) < 4.78 is 29.3. The molecule has 3 aliphatic rings. The Morgan fingerprint density at radius 1 is 0.906 bits per heavy atom. The highest BCUT2D eigenvalue weighted by Gasteiger charge is 2.30. The van der Waals surface area contributed by atoms with Gasteiger partial charge in [-0.2, -0.15) is 0 Å². The van der Waals surface area contributed by atoms with Gasteiger partial charge in [0.1, 0.15) is 0 Å². The first kappa shape index (κ1) is 21.5. The summed E-state index contributed by atoms with van der Waals surface area (Å²) >= 11 is 0. The van der Waals surface area contributed by atoms with E-state index in [9.17, 15) is 13.2 Å². The van der Waals surface area contributed by atoms with E-state index in [1.807, 2.05) is 18.2 Å². The summed E-state index contributed by atoms with van der Waals surface area (Å²) in [5.41, 5.74) is 4.03. The minimum atomic E-state index is -3.65. The number of carbonyl (C=O) groups excluding carboxylic acids is 1. The van der Waals surface area contributed by atoms with Gasteiger partial charge in [-0.25, -0.2) is 17.9 Å². The number of fused-ring (bicyclic) bond motifs is 2. The first-order chi connectivity index (χ1) is 15.5. The van der Waals surface area contributed by atoms with Gasteiger partial charge in [-0.15, -0.1) is 0 Å². The van der Waals surface area contributed by atoms with Gasteiger partial charge in [-0.05, 0) is 73.4 Å². The SMILES string of the molecule is O=C(NC1CCCCC1)N1CCc2cc(S(=O)(=O)N[C@@H]3CCCc4ccccc43)ccc21. The number of nitrogens with one attached hydrogen (secondary N) is 2. The number of benzene rings is 2. The Morgan fingerprint density at radius 3 is 2.56 bits per heavy atom. The lowest BCUT2D eigenvalue weighted by Crippen LogP contribution is -2.45. The molecule has 0 radical (unpaired) electrons. The van der Waals surface area contributed by atoms with Crippen molar-refractivity contribution >= 4 is 21.7 Å². The van der Waals surface area contributed by atoms with E-state index in [1.54, 1.807) is 23.1 Å². The van der Waals surface area contributed by atoms with E-state index in [2.05, 4.69) is 16.1 Å². The molecular formula is C25H31N3O3S. The van der Waals surface area contributed by atoms with Gasteiger partial charge in [0.05, 0.1) is 4.90 Å². The van der Waals surface area contributed by atoms with Crippen molar-refractivity contribution in [3.05, 3.63) is 59.2 Å². The Morgan fingerprint density at radius 2 is 1.72 bits per heavy atom. The lowest BCUT2D eigenvalue weighted by atomic mass is 9.88. The summed E-state index contributed by atoms with van der Waals surface area (Å²) in [4.78, 5) is 14.8. The first-order valence-corrected chi connectivity index (χ1v) is 13.3. The van der Waals surface area contributed by atoms with Crippen LogP contribution in [0.4, 0.5) is 10.5 Å². The number of amides is 2. The van der Waals surface area contributed by atoms with Gasteiger partial charge >= 0.3 is 6.03 Å². The van der Waals surface area contributed by atoms with Crippen molar-refractivity contribution in [2.75, 3.05) is 11.4 Å². The highest BCUT2D eigenvalue weighted by Crippen LogP contribution is 2.33. The van der Waals surface area contributed by atoms with Crippen molar-refractivity contribution in [3.8, 4) is 0 Å². The molecule has 1 atom stereocenters. The molecule has 1 saturated carbocycles. The Hall–Kier alpha value is -2.38. The smallest absolute Gasteiger partial charge is 0.322 e. The van der Waals surface area contributed by atoms with Crippen LogP contribution in [0.1, 0.15) is 67.7 Å². The van der Waals surface area contributed by atoms with Crippen molar-refractivity contribution in [1.82, 2.24) is 10.0 Å². The van der Waals surface area contributed by atoms with Gasteiger partial charge in [-0.1, -0.05) is 43.5 Å². The van der Waals surface area contributed by atoms with E-state index >= 15 is 0 Å². The van der Waals surface area contributed by atoms with Crippen molar-refractivity contribution in [2.45, 2.75) is 74.8 Å². The normalized spacial score (nSPS) is 21.1. The maximum Gasteiger partial charge on any atom is 0.322 e. The zero-order valence-electron chi connectivity index (χ0n) is 18.3. The molecule has 2 N–H and O–H groups in total. The number of urea groups is 1. The van der Waals surface area contributed by atoms with Gasteiger partial charge < -0.3 is 5.32 Å². The van der Waals surface area contributed by atoms with E-state index in [0.717, 1.165) is 48.9 Å². The molecule has 2 aliphatic carbocycles. The summed E-state index contributed by atoms with van der Waals surface area (Å²) in [6.07, 6.45) is 9.10. The summed E-state index contributed by atoms with van der Waals surface area (Å²) in [6.45, 7) is 0.584. The molecule has 2 aromatic carbocycles. The molecule has 6 nitrogen and oxygen atoms in total. The van der Waals surface area contributed by atoms with Gasteiger partial charge in [0.2, 0.25) is 10.0 Å². The van der Waals surface area contributed by atoms with Crippen LogP contribution in [-0.4, -0.2) is 27.0 Å². The fraction of sp³-hybridized carbons (Fsp3) is 0.480. The fourth-order valence-electron chi connectivity index (χ4n) is 5.39. The molecule has 7 heteroatoms. The van der Waals surface area contributed by atoms with Crippen LogP contribution >= 0.6 is 0 Å². The minimum Gasteiger partial charge on any atom is -0.335 e. The predicted molar refractivity (Wildman–Crippen MR) is 125 cm³/mol. The molecule has 0 bridgehead atoms. The van der Waals surface area contributed by atoms with Gasteiger partial charge in [0.15, 0.2) is 0 Å². The second kappa shape index (κ2) is 8.87. The molecule has 0 saturated heterocycles. The highest BCUT2D eigenvalue weighted by molar-refractivity contribution is 7.89. The summed E-state index contributed by atoms with van der Waals surface area (Å²) in [7, 11) is -3.65. The molecule has 32 heavy (non-hydrogen) atoms. The zero-order valence-corrected chi connectivity index (χ0v) is 19.2. The van der Waals surface area contributed by atoms with Crippen LogP contribution in [0.25, 0.3) is 0 Å². The van der Waals surface area contributed by atoms with E-state index in [4.69, 9.17) is 0 Å². The Balaban J connectivity index is 1.31. The molecule has 0 spiro atoms. The number of hydrogen-bond donors (Lipinski definition) is 2. The van der Waals surface area contributed by atoms with E-state index < -0.39 is 10.0 Å². The van der Waals surface area contributed by atoms with Crippen LogP contribution in [0.5, 0.6) is 0 Å². The molecule has 1 fully saturated rings. The average Bonchev–Trinajstić information content (AvgIpc) is 3.23. The van der Waals surface area contributed by atoms with Crippen molar-refractivity contribution in [1.29, 1.82) is 0 Å². The number of anilines is 1. The van der Waals surface area contributed by atoms with Crippen LogP contribution in [0.3, 0.4) is 0 Å². The summed E-state index contributed by atoms with van der Waals surface area (Å²) in [6, 6.07) is 13.2. The average molecular weight is 454 g/mol. The number of rotatable bonds is 4. The molecule has 170 valence electrons. The summed E-state index contributed by atoms with van der Waals surface area (Å²) in [5, 5.41) is 3.17. The van der Waals surface area contributed by atoms with Gasteiger partial charge in [0.25, 0.3) is 0 Å². The number of carbonyl (C=O) groups is 1. The maximum absolute atomic E-state index is 13.2. The Kier molecular flexibility index (Phi) is 5.95. The largest absolute Gasteiger partial charge is 0.335 e. The Labute approximate surface area is 190 Å². The van der Waals surface area contributed by atoms with Gasteiger partial charge in [0, 0.05) is 24.3 Å². The zero-order chi connectivity index (χ0) is 22.1. The molecule has 1 aliphatic heterocycles.